The lowest BCUT2D eigenvalue weighted by Crippen LogP contribution is -2.12. The minimum atomic E-state index is 0.284. The molecule has 1 heteroatoms. The first-order valence-electron chi connectivity index (χ1n) is 5.32. The lowest BCUT2D eigenvalue weighted by molar-refractivity contribution is 0.0974. The maximum Gasteiger partial charge on any atom is 0.164 e. The summed E-state index contributed by atoms with van der Waals surface area (Å²) in [6, 6.07) is 12.3. The van der Waals surface area contributed by atoms with Crippen molar-refractivity contribution in [3.05, 3.63) is 47.5 Å². The molecule has 1 nitrogen and oxygen atoms in total. The Morgan fingerprint density at radius 1 is 1.13 bits per heavy atom. The fourth-order valence-corrected chi connectivity index (χ4v) is 2.51. The molecule has 1 unspecified atom stereocenters. The average Bonchev–Trinajstić information content (AvgIpc) is 2.25. The quantitative estimate of drug-likeness (QED) is 0.630. The van der Waals surface area contributed by atoms with Gasteiger partial charge >= 0.3 is 0 Å². The molecule has 1 atom stereocenters. The lowest BCUT2D eigenvalue weighted by atomic mass is 9.82. The van der Waals surface area contributed by atoms with Crippen molar-refractivity contribution < 1.29 is 4.79 Å². The van der Waals surface area contributed by atoms with Crippen LogP contribution < -0.4 is 0 Å². The van der Waals surface area contributed by atoms with E-state index in [9.17, 15) is 4.79 Å². The third-order valence-corrected chi connectivity index (χ3v) is 3.26. The van der Waals surface area contributed by atoms with Gasteiger partial charge in [0.1, 0.15) is 0 Å². The first-order chi connectivity index (χ1) is 7.27. The maximum atomic E-state index is 11.9. The topological polar surface area (TPSA) is 17.1 Å². The summed E-state index contributed by atoms with van der Waals surface area (Å²) >= 11 is 0. The van der Waals surface area contributed by atoms with Crippen LogP contribution in [-0.4, -0.2) is 5.78 Å². The molecule has 3 rings (SSSR count). The molecule has 0 N–H and O–H groups in total. The van der Waals surface area contributed by atoms with E-state index in [1.165, 1.54) is 16.3 Å². The summed E-state index contributed by atoms with van der Waals surface area (Å²) in [5.74, 6) is 0.642. The molecule has 0 heterocycles. The number of rotatable bonds is 0. The molecule has 15 heavy (non-hydrogen) atoms. The Hall–Kier alpha value is -1.63. The van der Waals surface area contributed by atoms with Crippen LogP contribution in [0.4, 0.5) is 0 Å². The molecule has 0 radical (unpaired) electrons. The molecular weight excluding hydrogens is 184 g/mol. The van der Waals surface area contributed by atoms with Crippen LogP contribution in [0, 0.1) is 0 Å². The smallest absolute Gasteiger partial charge is 0.164 e. The Morgan fingerprint density at radius 3 is 2.67 bits per heavy atom. The number of carbonyl (C=O) groups excluding carboxylic acids is 1. The molecule has 1 aliphatic carbocycles. The number of ketones is 1. The molecule has 1 aliphatic rings. The summed E-state index contributed by atoms with van der Waals surface area (Å²) in [6.45, 7) is 2.13. The molecule has 0 amide bonds. The van der Waals surface area contributed by atoms with E-state index in [2.05, 4.69) is 31.2 Å². The summed E-state index contributed by atoms with van der Waals surface area (Å²) in [4.78, 5) is 11.9. The predicted octanol–water partition coefficient (Wildman–Crippen LogP) is 3.53. The number of hydrogen-bond donors (Lipinski definition) is 0. The van der Waals surface area contributed by atoms with Crippen molar-refractivity contribution in [2.24, 2.45) is 0 Å². The summed E-state index contributed by atoms with van der Waals surface area (Å²) in [5.41, 5.74) is 2.23. The average molecular weight is 196 g/mol. The third-order valence-electron chi connectivity index (χ3n) is 3.26. The largest absolute Gasteiger partial charge is 0.294 e. The molecule has 0 spiro atoms. The zero-order valence-corrected chi connectivity index (χ0v) is 8.66. The van der Waals surface area contributed by atoms with Crippen LogP contribution >= 0.6 is 0 Å². The van der Waals surface area contributed by atoms with E-state index in [0.29, 0.717) is 12.3 Å². The van der Waals surface area contributed by atoms with Crippen LogP contribution in [-0.2, 0) is 0 Å². The molecule has 0 saturated heterocycles. The highest BCUT2D eigenvalue weighted by atomic mass is 16.1. The summed E-state index contributed by atoms with van der Waals surface area (Å²) in [5, 5.41) is 2.36. The Kier molecular flexibility index (Phi) is 1.69. The molecule has 2 aromatic carbocycles. The van der Waals surface area contributed by atoms with E-state index in [-0.39, 0.29) is 5.78 Å². The molecule has 0 fully saturated rings. The fraction of sp³-hybridized carbons (Fsp3) is 0.214. The van der Waals surface area contributed by atoms with E-state index in [1.807, 2.05) is 12.1 Å². The SMILES string of the molecule is CC1CC(=O)c2cccc3cccc1c23. The first kappa shape index (κ1) is 8.66. The highest BCUT2D eigenvalue weighted by molar-refractivity contribution is 6.11. The van der Waals surface area contributed by atoms with E-state index >= 15 is 0 Å². The van der Waals surface area contributed by atoms with Crippen LogP contribution in [0.1, 0.15) is 35.2 Å². The zero-order valence-electron chi connectivity index (χ0n) is 8.66. The normalized spacial score (nSPS) is 19.5. The second kappa shape index (κ2) is 2.93. The molecule has 74 valence electrons. The molecule has 0 aromatic heterocycles. The van der Waals surface area contributed by atoms with Gasteiger partial charge in [-0.1, -0.05) is 43.3 Å². The van der Waals surface area contributed by atoms with Crippen molar-refractivity contribution in [1.82, 2.24) is 0 Å². The number of hydrogen-bond acceptors (Lipinski definition) is 1. The standard InChI is InChI=1S/C14H12O/c1-9-8-13(15)12-7-3-5-10-4-2-6-11(9)14(10)12/h2-7,9H,8H2,1H3. The summed E-state index contributed by atoms with van der Waals surface area (Å²) in [6.07, 6.45) is 0.649. The number of benzene rings is 2. The maximum absolute atomic E-state index is 11.9. The van der Waals surface area contributed by atoms with Crippen LogP contribution in [0.2, 0.25) is 0 Å². The van der Waals surface area contributed by atoms with Crippen molar-refractivity contribution in [2.45, 2.75) is 19.3 Å². The van der Waals surface area contributed by atoms with Gasteiger partial charge in [-0.2, -0.15) is 0 Å². The monoisotopic (exact) mass is 196 g/mol. The Bertz CT molecular complexity index is 549. The lowest BCUT2D eigenvalue weighted by Gasteiger charge is -2.21. The second-order valence-corrected chi connectivity index (χ2v) is 4.28. The summed E-state index contributed by atoms with van der Waals surface area (Å²) < 4.78 is 0. The second-order valence-electron chi connectivity index (χ2n) is 4.28. The number of carbonyl (C=O) groups is 1. The van der Waals surface area contributed by atoms with Crippen LogP contribution in [0.3, 0.4) is 0 Å². The van der Waals surface area contributed by atoms with Gasteiger partial charge in [0.15, 0.2) is 5.78 Å². The molecule has 0 bridgehead atoms. The third kappa shape index (κ3) is 1.13. The van der Waals surface area contributed by atoms with Gasteiger partial charge in [-0.25, -0.2) is 0 Å². The number of Topliss-reactive ketones (excluding diaryl/α,β-unsaturated/α-hetero) is 1. The van der Waals surface area contributed by atoms with Crippen LogP contribution in [0.15, 0.2) is 36.4 Å². The van der Waals surface area contributed by atoms with E-state index in [1.54, 1.807) is 0 Å². The van der Waals surface area contributed by atoms with Crippen molar-refractivity contribution in [3.63, 3.8) is 0 Å². The molecule has 0 aliphatic heterocycles. The Labute approximate surface area is 88.7 Å². The van der Waals surface area contributed by atoms with Gasteiger partial charge in [-0.05, 0) is 22.3 Å². The Morgan fingerprint density at radius 2 is 1.87 bits per heavy atom. The highest BCUT2D eigenvalue weighted by Gasteiger charge is 2.23. The Balaban J connectivity index is 2.50. The van der Waals surface area contributed by atoms with Gasteiger partial charge in [0.2, 0.25) is 0 Å². The zero-order chi connectivity index (χ0) is 10.4. The fourth-order valence-electron chi connectivity index (χ4n) is 2.51. The molecule has 0 saturated carbocycles. The van der Waals surface area contributed by atoms with Gasteiger partial charge in [-0.15, -0.1) is 0 Å². The van der Waals surface area contributed by atoms with Gasteiger partial charge in [0.25, 0.3) is 0 Å². The van der Waals surface area contributed by atoms with E-state index in [0.717, 1.165) is 5.56 Å². The van der Waals surface area contributed by atoms with Gasteiger partial charge in [-0.3, -0.25) is 4.79 Å². The summed E-state index contributed by atoms with van der Waals surface area (Å²) in [7, 11) is 0. The predicted molar refractivity (Wildman–Crippen MR) is 61.3 cm³/mol. The molecule has 2 aromatic rings. The van der Waals surface area contributed by atoms with Crippen molar-refractivity contribution in [3.8, 4) is 0 Å². The van der Waals surface area contributed by atoms with Gasteiger partial charge in [0.05, 0.1) is 0 Å². The minimum absolute atomic E-state index is 0.284. The van der Waals surface area contributed by atoms with E-state index in [4.69, 9.17) is 0 Å². The van der Waals surface area contributed by atoms with Gasteiger partial charge < -0.3 is 0 Å². The van der Waals surface area contributed by atoms with Crippen LogP contribution in [0.5, 0.6) is 0 Å². The van der Waals surface area contributed by atoms with E-state index < -0.39 is 0 Å². The molecular formula is C14H12O. The van der Waals surface area contributed by atoms with Gasteiger partial charge in [0, 0.05) is 12.0 Å². The first-order valence-corrected chi connectivity index (χ1v) is 5.32. The van der Waals surface area contributed by atoms with Crippen molar-refractivity contribution in [1.29, 1.82) is 0 Å². The van der Waals surface area contributed by atoms with Crippen molar-refractivity contribution >= 4 is 16.6 Å². The van der Waals surface area contributed by atoms with Crippen LogP contribution in [0.25, 0.3) is 10.8 Å². The minimum Gasteiger partial charge on any atom is -0.294 e. The highest BCUT2D eigenvalue weighted by Crippen LogP contribution is 2.35. The van der Waals surface area contributed by atoms with Crippen molar-refractivity contribution in [2.75, 3.05) is 0 Å².